The van der Waals surface area contributed by atoms with Crippen LogP contribution in [-0.4, -0.2) is 13.6 Å². The maximum Gasteiger partial charge on any atom is 0.0768 e. The first kappa shape index (κ1) is 7.92. The van der Waals surface area contributed by atoms with Crippen molar-refractivity contribution >= 4 is 0 Å². The number of rotatable bonds is 3. The van der Waals surface area contributed by atoms with Gasteiger partial charge in [0.25, 0.3) is 0 Å². The molecule has 0 fully saturated rings. The number of hydrogen-bond donors (Lipinski definition) is 1. The summed E-state index contributed by atoms with van der Waals surface area (Å²) >= 11 is 0. The molecule has 0 aliphatic carbocycles. The molecule has 2 heteroatoms. The first-order valence-electron chi connectivity index (χ1n) is 3.12. The van der Waals surface area contributed by atoms with Gasteiger partial charge in [-0.15, -0.1) is 0 Å². The topological polar surface area (TPSA) is 27.5 Å². The fourth-order valence-corrected chi connectivity index (χ4v) is 0.492. The van der Waals surface area contributed by atoms with Gasteiger partial charge in [-0.05, 0) is 12.3 Å². The SMILES string of the molecule is CC(C)CC[NH+](C)[O-]. The molecule has 0 aliphatic heterocycles. The van der Waals surface area contributed by atoms with Crippen LogP contribution in [0.15, 0.2) is 0 Å². The van der Waals surface area contributed by atoms with E-state index in [1.54, 1.807) is 7.05 Å². The Bertz CT molecular complexity index is 44.5. The Morgan fingerprint density at radius 3 is 2.12 bits per heavy atom. The fourth-order valence-electron chi connectivity index (χ4n) is 0.492. The van der Waals surface area contributed by atoms with Gasteiger partial charge in [-0.1, -0.05) is 13.8 Å². The Morgan fingerprint density at radius 2 is 2.00 bits per heavy atom. The van der Waals surface area contributed by atoms with Crippen molar-refractivity contribution in [3.63, 3.8) is 0 Å². The van der Waals surface area contributed by atoms with Crippen LogP contribution in [0.25, 0.3) is 0 Å². The molecule has 1 N–H and O–H groups in total. The average Bonchev–Trinajstić information content (AvgIpc) is 1.61. The number of quaternary nitrogens is 1. The molecule has 0 saturated carbocycles. The predicted molar refractivity (Wildman–Crippen MR) is 34.6 cm³/mol. The van der Waals surface area contributed by atoms with Crippen LogP contribution in [0.4, 0.5) is 0 Å². The van der Waals surface area contributed by atoms with Crippen molar-refractivity contribution < 1.29 is 5.06 Å². The van der Waals surface area contributed by atoms with Crippen LogP contribution in [0.3, 0.4) is 0 Å². The smallest absolute Gasteiger partial charge is 0.0768 e. The third-order valence-electron chi connectivity index (χ3n) is 1.07. The Hall–Kier alpha value is -0.0800. The van der Waals surface area contributed by atoms with Crippen molar-refractivity contribution in [1.82, 2.24) is 0 Å². The lowest BCUT2D eigenvalue weighted by Crippen LogP contribution is -3.03. The first-order chi connectivity index (χ1) is 3.63. The predicted octanol–water partition coefficient (Wildman–Crippen LogP) is 0.0450. The van der Waals surface area contributed by atoms with E-state index in [9.17, 15) is 5.21 Å². The molecule has 1 atom stereocenters. The van der Waals surface area contributed by atoms with Gasteiger partial charge < -0.3 is 10.3 Å². The Labute approximate surface area is 51.1 Å². The van der Waals surface area contributed by atoms with E-state index in [2.05, 4.69) is 13.8 Å². The molecular weight excluding hydrogens is 102 g/mol. The van der Waals surface area contributed by atoms with Crippen molar-refractivity contribution in [2.45, 2.75) is 20.3 Å². The van der Waals surface area contributed by atoms with Crippen LogP contribution in [0.5, 0.6) is 0 Å². The van der Waals surface area contributed by atoms with Crippen molar-refractivity contribution in [3.05, 3.63) is 5.21 Å². The fraction of sp³-hybridized carbons (Fsp3) is 1.00. The van der Waals surface area contributed by atoms with E-state index in [0.29, 0.717) is 11.0 Å². The van der Waals surface area contributed by atoms with Crippen LogP contribution < -0.4 is 5.06 Å². The molecule has 0 amide bonds. The standard InChI is InChI=1S/C6H15NO/c1-6(2)4-5-7(3)8/h6-7H,4-5H2,1-3H3. The molecule has 0 rings (SSSR count). The highest BCUT2D eigenvalue weighted by Gasteiger charge is 1.93. The molecule has 0 aromatic heterocycles. The van der Waals surface area contributed by atoms with E-state index in [4.69, 9.17) is 0 Å². The van der Waals surface area contributed by atoms with E-state index in [0.717, 1.165) is 13.0 Å². The Balaban J connectivity index is 2.93. The summed E-state index contributed by atoms with van der Waals surface area (Å²) in [6.07, 6.45) is 1.04. The summed E-state index contributed by atoms with van der Waals surface area (Å²) < 4.78 is 0. The number of nitrogens with one attached hydrogen (secondary N) is 1. The normalized spacial score (nSPS) is 14.6. The maximum absolute atomic E-state index is 10.3. The third kappa shape index (κ3) is 5.92. The Kier molecular flexibility index (Phi) is 3.83. The minimum atomic E-state index is 0.304. The second kappa shape index (κ2) is 3.87. The lowest BCUT2D eigenvalue weighted by Gasteiger charge is -2.16. The second-order valence-corrected chi connectivity index (χ2v) is 2.63. The quantitative estimate of drug-likeness (QED) is 0.519. The van der Waals surface area contributed by atoms with E-state index >= 15 is 0 Å². The zero-order chi connectivity index (χ0) is 6.57. The van der Waals surface area contributed by atoms with Crippen molar-refractivity contribution in [2.24, 2.45) is 5.92 Å². The summed E-state index contributed by atoms with van der Waals surface area (Å²) in [5.41, 5.74) is 0. The van der Waals surface area contributed by atoms with E-state index in [1.807, 2.05) is 0 Å². The molecule has 0 radical (unpaired) electrons. The van der Waals surface area contributed by atoms with Crippen LogP contribution in [0.1, 0.15) is 20.3 Å². The lowest BCUT2D eigenvalue weighted by atomic mass is 10.1. The van der Waals surface area contributed by atoms with Gasteiger partial charge in [-0.25, -0.2) is 0 Å². The summed E-state index contributed by atoms with van der Waals surface area (Å²) in [5.74, 6) is 0.666. The molecule has 2 nitrogen and oxygen atoms in total. The van der Waals surface area contributed by atoms with E-state index in [-0.39, 0.29) is 0 Å². The van der Waals surface area contributed by atoms with Gasteiger partial charge in [-0.3, -0.25) is 0 Å². The van der Waals surface area contributed by atoms with Crippen molar-refractivity contribution in [3.8, 4) is 0 Å². The van der Waals surface area contributed by atoms with Gasteiger partial charge in [0.1, 0.15) is 0 Å². The minimum absolute atomic E-state index is 0.304. The van der Waals surface area contributed by atoms with Crippen LogP contribution in [0, 0.1) is 11.1 Å². The van der Waals surface area contributed by atoms with Gasteiger partial charge in [-0.2, -0.15) is 0 Å². The molecular formula is C6H15NO. The molecule has 0 saturated heterocycles. The van der Waals surface area contributed by atoms with Crippen molar-refractivity contribution in [1.29, 1.82) is 0 Å². The van der Waals surface area contributed by atoms with Gasteiger partial charge in [0.15, 0.2) is 0 Å². The molecule has 0 spiro atoms. The highest BCUT2D eigenvalue weighted by molar-refractivity contribution is 4.40. The zero-order valence-electron chi connectivity index (χ0n) is 5.90. The van der Waals surface area contributed by atoms with Crippen molar-refractivity contribution in [2.75, 3.05) is 13.6 Å². The van der Waals surface area contributed by atoms with Gasteiger partial charge in [0.05, 0.1) is 13.6 Å². The molecule has 8 heavy (non-hydrogen) atoms. The molecule has 0 aromatic rings. The highest BCUT2D eigenvalue weighted by Crippen LogP contribution is 1.93. The summed E-state index contributed by atoms with van der Waals surface area (Å²) in [5, 5.41) is 10.7. The molecule has 0 heterocycles. The highest BCUT2D eigenvalue weighted by atomic mass is 16.5. The van der Waals surface area contributed by atoms with Gasteiger partial charge in [0.2, 0.25) is 0 Å². The Morgan fingerprint density at radius 1 is 1.50 bits per heavy atom. The summed E-state index contributed by atoms with van der Waals surface area (Å²) in [6.45, 7) is 5.00. The molecule has 0 aliphatic rings. The van der Waals surface area contributed by atoms with Crippen LogP contribution in [-0.2, 0) is 0 Å². The average molecular weight is 117 g/mol. The first-order valence-corrected chi connectivity index (χ1v) is 3.12. The minimum Gasteiger partial charge on any atom is -0.634 e. The monoisotopic (exact) mass is 117 g/mol. The summed E-state index contributed by atoms with van der Waals surface area (Å²) in [6, 6.07) is 0. The largest absolute Gasteiger partial charge is 0.634 e. The van der Waals surface area contributed by atoms with E-state index in [1.165, 1.54) is 0 Å². The molecule has 0 bridgehead atoms. The number of hydroxylamine groups is 2. The third-order valence-corrected chi connectivity index (χ3v) is 1.07. The summed E-state index contributed by atoms with van der Waals surface area (Å²) in [7, 11) is 1.64. The molecule has 1 unspecified atom stereocenters. The summed E-state index contributed by atoms with van der Waals surface area (Å²) in [4.78, 5) is 0. The lowest BCUT2D eigenvalue weighted by molar-refractivity contribution is -0.826. The molecule has 50 valence electrons. The second-order valence-electron chi connectivity index (χ2n) is 2.63. The number of hydrogen-bond acceptors (Lipinski definition) is 1. The van der Waals surface area contributed by atoms with Crippen LogP contribution in [0.2, 0.25) is 0 Å². The van der Waals surface area contributed by atoms with Crippen LogP contribution >= 0.6 is 0 Å². The van der Waals surface area contributed by atoms with Gasteiger partial charge in [0, 0.05) is 0 Å². The van der Waals surface area contributed by atoms with Gasteiger partial charge >= 0.3 is 0 Å². The zero-order valence-corrected chi connectivity index (χ0v) is 5.90. The maximum atomic E-state index is 10.3. The molecule has 0 aromatic carbocycles. The van der Waals surface area contributed by atoms with E-state index < -0.39 is 0 Å².